The van der Waals surface area contributed by atoms with Crippen molar-refractivity contribution in [3.05, 3.63) is 44.9 Å². The molecule has 0 aromatic rings. The van der Waals surface area contributed by atoms with Crippen molar-refractivity contribution in [2.45, 2.75) is 0 Å². The van der Waals surface area contributed by atoms with E-state index in [1.165, 1.54) is 0 Å². The van der Waals surface area contributed by atoms with Crippen LogP contribution in [0.4, 0.5) is 0 Å². The zero-order valence-electron chi connectivity index (χ0n) is 4.56. The molecule has 0 aromatic carbocycles. The number of rotatable bonds is 1. The normalized spacial score (nSPS) is 7.00. The molecule has 0 fully saturated rings. The van der Waals surface area contributed by atoms with E-state index in [0.717, 1.165) is 0 Å². The Bertz CT molecular complexity index is 51.1. The Morgan fingerprint density at radius 2 is 1.57 bits per heavy atom. The van der Waals surface area contributed by atoms with Crippen molar-refractivity contribution in [1.82, 2.24) is 0 Å². The van der Waals surface area contributed by atoms with E-state index in [0.29, 0.717) is 0 Å². The van der Waals surface area contributed by atoms with Gasteiger partial charge in [0.1, 0.15) is 0 Å². The molecule has 0 N–H and O–H groups in total. The fourth-order valence-corrected chi connectivity index (χ4v) is 0.0962. The summed E-state index contributed by atoms with van der Waals surface area (Å²) < 4.78 is 0. The highest BCUT2D eigenvalue weighted by Gasteiger charge is 1.42. The van der Waals surface area contributed by atoms with E-state index in [9.17, 15) is 0 Å². The van der Waals surface area contributed by atoms with Crippen LogP contribution in [0.1, 0.15) is 0 Å². The summed E-state index contributed by atoms with van der Waals surface area (Å²) in [5.74, 6) is 0. The first-order valence-electron chi connectivity index (χ1n) is 1.98. The Morgan fingerprint density at radius 3 is 1.57 bits per heavy atom. The molecule has 1 radical (unpaired) electrons. The number of allylic oxidation sites excluding steroid dienone is 3. The summed E-state index contributed by atoms with van der Waals surface area (Å²) in [5.41, 5.74) is 0. The molecular weight excluding hydrogens is 84.1 g/mol. The van der Waals surface area contributed by atoms with Crippen LogP contribution in [0.5, 0.6) is 0 Å². The smallest absolute Gasteiger partial charge is 0.0313 e. The minimum Gasteiger partial charge on any atom is -0.106 e. The first-order chi connectivity index (χ1) is 3.41. The number of hydrogen-bond donors (Lipinski definition) is 0. The van der Waals surface area contributed by atoms with Crippen LogP contribution in [-0.2, 0) is 0 Å². The van der Waals surface area contributed by atoms with Gasteiger partial charge in [-0.3, -0.25) is 0 Å². The summed E-state index contributed by atoms with van der Waals surface area (Å²) >= 11 is 0. The quantitative estimate of drug-likeness (QED) is 0.346. The molecule has 0 rings (SSSR count). The number of hydrogen-bond acceptors (Lipinski definition) is 0. The highest BCUT2D eigenvalue weighted by molar-refractivity contribution is 4.98. The highest BCUT2D eigenvalue weighted by atomic mass is 13.5. The summed E-state index contributed by atoms with van der Waals surface area (Å²) in [6, 6.07) is 0. The lowest BCUT2D eigenvalue weighted by Gasteiger charge is -1.55. The summed E-state index contributed by atoms with van der Waals surface area (Å²) in [5, 5.41) is 0. The molecule has 0 heteroatoms. The molecule has 39 valence electrons. The molecule has 0 spiro atoms. The van der Waals surface area contributed by atoms with Gasteiger partial charge in [-0.15, -0.1) is 13.2 Å². The van der Waals surface area contributed by atoms with Crippen LogP contribution in [0, 0.1) is 6.92 Å². The summed E-state index contributed by atoms with van der Waals surface area (Å²) in [4.78, 5) is 0. The second kappa shape index (κ2) is 18.9. The van der Waals surface area contributed by atoms with Crippen molar-refractivity contribution in [1.29, 1.82) is 0 Å². The van der Waals surface area contributed by atoms with E-state index in [1.54, 1.807) is 18.2 Å². The molecule has 7 heavy (non-hydrogen) atoms. The summed E-state index contributed by atoms with van der Waals surface area (Å²) in [7, 11) is 0. The van der Waals surface area contributed by atoms with Crippen molar-refractivity contribution in [2.75, 3.05) is 0 Å². The van der Waals surface area contributed by atoms with Gasteiger partial charge >= 0.3 is 0 Å². The van der Waals surface area contributed by atoms with Crippen molar-refractivity contribution in [3.8, 4) is 0 Å². The Labute approximate surface area is 45.9 Å². The molecular formula is C7H11. The lowest BCUT2D eigenvalue weighted by Crippen LogP contribution is -1.34. The van der Waals surface area contributed by atoms with Gasteiger partial charge in [0.25, 0.3) is 0 Å². The topological polar surface area (TPSA) is 0 Å². The summed E-state index contributed by atoms with van der Waals surface area (Å²) in [6.45, 7) is 12.8. The van der Waals surface area contributed by atoms with E-state index >= 15 is 0 Å². The van der Waals surface area contributed by atoms with E-state index in [-0.39, 0.29) is 0 Å². The monoisotopic (exact) mass is 95.1 g/mol. The van der Waals surface area contributed by atoms with Gasteiger partial charge < -0.3 is 0 Å². The standard InChI is InChI=1S/C5H7.C2H4/c1-3-5-4-2;1-2/h3-5H,1-2H2;1-2H2/b5-3-;. The Balaban J connectivity index is 0. The molecule has 0 aromatic heterocycles. The summed E-state index contributed by atoms with van der Waals surface area (Å²) in [6.07, 6.45) is 5.15. The molecule has 0 aliphatic rings. The van der Waals surface area contributed by atoms with E-state index in [2.05, 4.69) is 26.7 Å². The first-order valence-corrected chi connectivity index (χ1v) is 1.98. The molecule has 0 heterocycles. The molecule has 0 amide bonds. The molecule has 0 aliphatic heterocycles. The van der Waals surface area contributed by atoms with Gasteiger partial charge in [-0.05, 0) is 6.92 Å². The van der Waals surface area contributed by atoms with Crippen molar-refractivity contribution in [3.63, 3.8) is 0 Å². The average Bonchev–Trinajstić information content (AvgIpc) is 1.75. The minimum absolute atomic E-state index is 1.69. The van der Waals surface area contributed by atoms with Crippen molar-refractivity contribution >= 4 is 0 Å². The van der Waals surface area contributed by atoms with Crippen LogP contribution < -0.4 is 0 Å². The fourth-order valence-electron chi connectivity index (χ4n) is 0.0962. The van der Waals surface area contributed by atoms with E-state index in [4.69, 9.17) is 0 Å². The van der Waals surface area contributed by atoms with Crippen LogP contribution in [0.3, 0.4) is 0 Å². The maximum atomic E-state index is 3.42. The second-order valence-corrected chi connectivity index (χ2v) is 0.664. The van der Waals surface area contributed by atoms with Gasteiger partial charge in [0, 0.05) is 0 Å². The van der Waals surface area contributed by atoms with Crippen LogP contribution in [0.25, 0.3) is 0 Å². The minimum atomic E-state index is 1.69. The Morgan fingerprint density at radius 1 is 1.14 bits per heavy atom. The van der Waals surface area contributed by atoms with Crippen molar-refractivity contribution in [2.24, 2.45) is 0 Å². The molecule has 0 bridgehead atoms. The van der Waals surface area contributed by atoms with Gasteiger partial charge in [-0.1, -0.05) is 24.8 Å². The van der Waals surface area contributed by atoms with Gasteiger partial charge in [-0.25, -0.2) is 0 Å². The predicted molar refractivity (Wildman–Crippen MR) is 35.9 cm³/mol. The maximum Gasteiger partial charge on any atom is -0.0313 e. The second-order valence-electron chi connectivity index (χ2n) is 0.664. The Kier molecular flexibility index (Phi) is 25.6. The molecule has 0 nitrogen and oxygen atoms in total. The maximum absolute atomic E-state index is 3.42. The zero-order chi connectivity index (χ0) is 6.12. The first kappa shape index (κ1) is 9.52. The van der Waals surface area contributed by atoms with E-state index in [1.807, 2.05) is 0 Å². The van der Waals surface area contributed by atoms with Crippen LogP contribution >= 0.6 is 0 Å². The average molecular weight is 95.2 g/mol. The van der Waals surface area contributed by atoms with Gasteiger partial charge in [0.05, 0.1) is 0 Å². The molecule has 0 atom stereocenters. The molecule has 0 aliphatic carbocycles. The fraction of sp³-hybridized carbons (Fsp3) is 0. The predicted octanol–water partition coefficient (Wildman–Crippen LogP) is 2.36. The highest BCUT2D eigenvalue weighted by Crippen LogP contribution is 1.63. The van der Waals surface area contributed by atoms with Gasteiger partial charge in [0.2, 0.25) is 0 Å². The largest absolute Gasteiger partial charge is 0.106 e. The zero-order valence-corrected chi connectivity index (χ0v) is 4.56. The molecule has 0 saturated heterocycles. The third-order valence-corrected chi connectivity index (χ3v) is 0.272. The SMILES string of the molecule is C=C.[CH2]/C=C\C=C. The van der Waals surface area contributed by atoms with Crippen LogP contribution in [0.15, 0.2) is 38.0 Å². The van der Waals surface area contributed by atoms with Gasteiger partial charge in [0.15, 0.2) is 0 Å². The third-order valence-electron chi connectivity index (χ3n) is 0.272. The van der Waals surface area contributed by atoms with Crippen LogP contribution in [-0.4, -0.2) is 0 Å². The molecule has 0 saturated carbocycles. The molecule has 0 unspecified atom stereocenters. The Hall–Kier alpha value is -0.780. The van der Waals surface area contributed by atoms with E-state index < -0.39 is 0 Å². The van der Waals surface area contributed by atoms with Gasteiger partial charge in [-0.2, -0.15) is 0 Å². The lowest BCUT2D eigenvalue weighted by atomic mass is 10.5. The lowest BCUT2D eigenvalue weighted by molar-refractivity contribution is 1.99. The van der Waals surface area contributed by atoms with Crippen LogP contribution in [0.2, 0.25) is 0 Å². The van der Waals surface area contributed by atoms with Crippen molar-refractivity contribution < 1.29 is 0 Å². The third kappa shape index (κ3) is 36.4.